The largest absolute Gasteiger partial charge is 0.481 e. The number of carbonyl (C=O) groups is 22. The number of thioether (sulfide) groups is 2. The number of nitrogens with two attached hydrogens (primary N) is 8. The van der Waals surface area contributed by atoms with E-state index in [0.717, 1.165) is 0 Å². The molecule has 0 spiro atoms. The maximum atomic E-state index is 14.9. The first-order valence-electron chi connectivity index (χ1n) is 47.5. The van der Waals surface area contributed by atoms with Gasteiger partial charge in [0.15, 0.2) is 5.96 Å². The zero-order chi connectivity index (χ0) is 109. The third-order valence-corrected chi connectivity index (χ3v) is 23.7. The van der Waals surface area contributed by atoms with E-state index in [-0.39, 0.29) is 107 Å². The van der Waals surface area contributed by atoms with Gasteiger partial charge in [0.1, 0.15) is 96.7 Å². The van der Waals surface area contributed by atoms with Crippen LogP contribution in [0.4, 0.5) is 0 Å². The molecule has 0 saturated heterocycles. The lowest BCUT2D eigenvalue weighted by molar-refractivity contribution is -0.142. The van der Waals surface area contributed by atoms with Gasteiger partial charge in [-0.1, -0.05) is 109 Å². The van der Waals surface area contributed by atoms with Crippen LogP contribution in [0, 0.1) is 23.2 Å². The quantitative estimate of drug-likeness (QED) is 0.0166. The summed E-state index contributed by atoms with van der Waals surface area (Å²) in [5, 5.41) is 81.8. The van der Waals surface area contributed by atoms with Crippen LogP contribution in [0.15, 0.2) is 60.7 Å². The summed E-state index contributed by atoms with van der Waals surface area (Å²) in [6.45, 7) is 8.55. The third kappa shape index (κ3) is 50.1. The van der Waals surface area contributed by atoms with Crippen LogP contribution in [0.25, 0.3) is 0 Å². The van der Waals surface area contributed by atoms with Crippen LogP contribution in [0.5, 0.6) is 0 Å². The molecule has 0 aliphatic heterocycles. The van der Waals surface area contributed by atoms with Crippen molar-refractivity contribution in [1.29, 1.82) is 5.41 Å². The first-order chi connectivity index (χ1) is 68.5. The van der Waals surface area contributed by atoms with Crippen molar-refractivity contribution in [2.24, 2.45) is 63.6 Å². The molecule has 0 heterocycles. The van der Waals surface area contributed by atoms with E-state index in [0.29, 0.717) is 36.9 Å². The molecule has 0 fully saturated rings. The van der Waals surface area contributed by atoms with Gasteiger partial charge in [-0.25, -0.2) is 0 Å². The van der Waals surface area contributed by atoms with Crippen molar-refractivity contribution in [1.82, 2.24) is 95.7 Å². The zero-order valence-electron chi connectivity index (χ0n) is 83.2. The second-order valence-corrected chi connectivity index (χ2v) is 37.3. The molecule has 52 nitrogen and oxygen atoms in total. The van der Waals surface area contributed by atoms with Crippen LogP contribution in [0.1, 0.15) is 169 Å². The Morgan fingerprint density at radius 2 is 0.731 bits per heavy atom. The number of carbonyl (C=O) groups excluding carboxylic acids is 21. The Morgan fingerprint density at radius 3 is 1.16 bits per heavy atom. The van der Waals surface area contributed by atoms with Crippen molar-refractivity contribution in [3.05, 3.63) is 71.8 Å². The van der Waals surface area contributed by atoms with E-state index in [1.54, 1.807) is 101 Å². The summed E-state index contributed by atoms with van der Waals surface area (Å²) >= 11 is 2.44. The lowest BCUT2D eigenvalue weighted by atomic mass is 9.96. The highest BCUT2D eigenvalue weighted by Crippen LogP contribution is 2.18. The Morgan fingerprint density at radius 1 is 0.366 bits per heavy atom. The molecular weight excluding hydrogens is 1940 g/mol. The smallest absolute Gasteiger partial charge is 0.305 e. The van der Waals surface area contributed by atoms with E-state index in [9.17, 15) is 121 Å². The van der Waals surface area contributed by atoms with Gasteiger partial charge in [-0.3, -0.25) is 111 Å². The fourth-order valence-electron chi connectivity index (χ4n) is 14.1. The molecule has 0 aromatic heterocycles. The number of aliphatic hydroxyl groups is 2. The number of unbranched alkanes of at least 4 members (excludes halogenated alkanes) is 2. The molecule has 0 aliphatic rings. The predicted octanol–water partition coefficient (Wildman–Crippen LogP) is -9.57. The van der Waals surface area contributed by atoms with Gasteiger partial charge in [0.25, 0.3) is 0 Å². The first kappa shape index (κ1) is 128. The van der Waals surface area contributed by atoms with E-state index < -0.39 is 296 Å². The number of aliphatic hydroxyl groups excluding tert-OH is 2. The van der Waals surface area contributed by atoms with Gasteiger partial charge in [-0.05, 0) is 150 Å². The van der Waals surface area contributed by atoms with Gasteiger partial charge in [0.05, 0.1) is 45.1 Å². The summed E-state index contributed by atoms with van der Waals surface area (Å²) in [5.74, 6) is -25.7. The highest BCUT2D eigenvalue weighted by molar-refractivity contribution is 7.98. The van der Waals surface area contributed by atoms with Crippen LogP contribution in [0.3, 0.4) is 0 Å². The lowest BCUT2D eigenvalue weighted by Crippen LogP contribution is -2.62. The van der Waals surface area contributed by atoms with Crippen LogP contribution >= 0.6 is 23.5 Å². The minimum atomic E-state index is -2.00. The fourth-order valence-corrected chi connectivity index (χ4v) is 15.1. The second-order valence-electron chi connectivity index (χ2n) is 35.3. The molecule has 0 unspecified atom stereocenters. The molecule has 145 heavy (non-hydrogen) atoms. The normalized spacial score (nSPS) is 14.8. The highest BCUT2D eigenvalue weighted by Gasteiger charge is 2.41. The number of carboxylic acid groups (broad SMARTS) is 1. The Kier molecular flexibility index (Phi) is 60.5. The number of benzene rings is 2. The topological polar surface area (TPSA) is 885 Å². The average molecular weight is 2090 g/mol. The Hall–Kier alpha value is -13.4. The van der Waals surface area contributed by atoms with Gasteiger partial charge in [0, 0.05) is 25.8 Å². The van der Waals surface area contributed by atoms with Gasteiger partial charge < -0.3 is 157 Å². The van der Waals surface area contributed by atoms with Crippen molar-refractivity contribution in [3.8, 4) is 0 Å². The van der Waals surface area contributed by atoms with Crippen molar-refractivity contribution in [2.75, 3.05) is 63.4 Å². The molecule has 0 saturated carbocycles. The molecule has 810 valence electrons. The molecule has 18 atom stereocenters. The van der Waals surface area contributed by atoms with Gasteiger partial charge in [-0.15, -0.1) is 0 Å². The maximum absolute atomic E-state index is 14.9. The summed E-state index contributed by atoms with van der Waals surface area (Å²) < 4.78 is 0. The van der Waals surface area contributed by atoms with Crippen LogP contribution < -0.4 is 142 Å². The van der Waals surface area contributed by atoms with E-state index in [4.69, 9.17) is 51.3 Å². The number of aliphatic carboxylic acids is 1. The molecular formula is C91H149N27O25S2. The predicted molar refractivity (Wildman–Crippen MR) is 534 cm³/mol. The number of hydrogen-bond acceptors (Lipinski definition) is 30. The molecule has 2 rings (SSSR count). The molecule has 0 aliphatic carbocycles. The van der Waals surface area contributed by atoms with Crippen molar-refractivity contribution in [3.63, 3.8) is 0 Å². The number of hydrogen-bond donors (Lipinski definition) is 30. The summed E-state index contributed by atoms with van der Waals surface area (Å²) in [6, 6.07) is -11.2. The number of nitrogens with one attached hydrogen (secondary N) is 19. The minimum absolute atomic E-state index is 0.0404. The molecule has 2 aromatic carbocycles. The maximum Gasteiger partial charge on any atom is 0.305 e. The molecule has 0 bridgehead atoms. The monoisotopic (exact) mass is 2080 g/mol. The average Bonchev–Trinajstić information content (AvgIpc) is 0.844. The second kappa shape index (κ2) is 68.7. The molecule has 2 aromatic rings. The van der Waals surface area contributed by atoms with Gasteiger partial charge in [-0.2, -0.15) is 23.5 Å². The van der Waals surface area contributed by atoms with E-state index >= 15 is 0 Å². The summed E-state index contributed by atoms with van der Waals surface area (Å²) in [5.41, 5.74) is 45.5. The Bertz CT molecular complexity index is 4650. The number of rotatable bonds is 73. The lowest BCUT2D eigenvalue weighted by Gasteiger charge is -2.30. The summed E-state index contributed by atoms with van der Waals surface area (Å²) in [7, 11) is 0. The fraction of sp³-hybridized carbons (Fsp3) is 0.615. The third-order valence-electron chi connectivity index (χ3n) is 22.5. The van der Waals surface area contributed by atoms with E-state index in [2.05, 4.69) is 95.7 Å². The molecule has 54 heteroatoms. The number of guanidine groups is 1. The van der Waals surface area contributed by atoms with Gasteiger partial charge in [0.2, 0.25) is 124 Å². The van der Waals surface area contributed by atoms with Crippen molar-refractivity contribution < 1.29 is 121 Å². The molecule has 0 radical (unpaired) electrons. The van der Waals surface area contributed by atoms with E-state index in [1.165, 1.54) is 44.3 Å². The zero-order valence-corrected chi connectivity index (χ0v) is 84.8. The molecule has 38 N–H and O–H groups in total. The SMILES string of the molecule is CC[C@H](C)[C@H](NC(=O)[C@H](CCSC)NC(=O)[C@H](CC(=O)O)NC(=O)[C@@H](NC(=O)[C@H](CCSC)NC(=O)[C@H](Cc1ccccc1)NC(=O)[C@H](CC(N)=O)NC(=O)[C@H](Cc1ccccc1)NC(=O)CNC(=O)[C@H](CCCCN)NC(=O)[C@H](CC(N)=O)NC(=O)[C@H](CO)NC(=O)[C@@H](N)CCCNC(=N)N)C(C)C)C(=O)N[C@@H](CCC(N)=O)C(=O)N[C@@H](C)C(=O)N[C@@H](CC(C)C)C(=O)N[C@@H](CO)C(=O)N[C@@H](CCCCN)C(N)=O. The minimum Gasteiger partial charge on any atom is -0.481 e. The van der Waals surface area contributed by atoms with Crippen LogP contribution in [-0.4, -0.2) is 317 Å². The standard InChI is InChI=1S/C91H149N27O25S2/c1-10-49(6)73(90(143)109-56(29-30-67(95)121)78(131)103-50(7)75(128)110-59(38-47(2)3)81(134)116-66(46-120)87(140)105-54(74(98)127)27-17-19-33-92)118-80(133)58(32-37-145-9)108-86(139)64(43-71(125)126)114-89(142)72(48(4)5)117-79(132)57(31-36-144-8)107-83(136)61(40-52-24-15-12-16-25-52)111-85(138)63(42-69(97)123)112-82(135)60(39-51-22-13-11-14-23-51)104-70(124)44-102-77(130)55(28-18-20-34-93)106-84(137)62(41-68(96)122)113-88(141)65(45-119)115-76(129)53(94)26-21-35-101-91(99)100/h11-16,22-25,47-50,53-66,72-73,119-120H,10,17-21,26-46,92-94H2,1-9H3,(H2,95,121)(H2,96,122)(H2,97,123)(H2,98,127)(H,102,130)(H,103,131)(H,104,124)(H,105,140)(H,106,137)(H,107,136)(H,108,139)(H,109,143)(H,110,128)(H,111,138)(H,112,135)(H,113,141)(H,114,142)(H,115,129)(H,116,134)(H,117,132)(H,118,133)(H,125,126)(H4,99,100,101)/t49-,50-,53-,54-,55-,56-,57-,58-,59-,60-,61-,62-,63-,64-,65-,66-,72-,73-/m0/s1. The highest BCUT2D eigenvalue weighted by atomic mass is 32.2. The number of amides is 21. The first-order valence-corrected chi connectivity index (χ1v) is 50.3. The number of carboxylic acids is 1. The summed E-state index contributed by atoms with van der Waals surface area (Å²) in [4.78, 5) is 303. The van der Waals surface area contributed by atoms with Crippen LogP contribution in [0.2, 0.25) is 0 Å². The Labute approximate surface area is 849 Å². The van der Waals surface area contributed by atoms with E-state index in [1.807, 2.05) is 0 Å². The van der Waals surface area contributed by atoms with Crippen LogP contribution in [-0.2, 0) is 118 Å². The van der Waals surface area contributed by atoms with Gasteiger partial charge >= 0.3 is 5.97 Å². The molecule has 21 amide bonds. The Balaban J connectivity index is 2.52. The van der Waals surface area contributed by atoms with Crippen molar-refractivity contribution >= 4 is 160 Å². The number of primary amides is 4. The van der Waals surface area contributed by atoms with Crippen molar-refractivity contribution in [2.45, 2.75) is 273 Å². The summed E-state index contributed by atoms with van der Waals surface area (Å²) in [6.07, 6.45) is 0.245.